The first-order valence-corrected chi connectivity index (χ1v) is 2.98. The second kappa shape index (κ2) is 2.97. The highest BCUT2D eigenvalue weighted by atomic mass is 16.3. The van der Waals surface area contributed by atoms with E-state index in [1.165, 1.54) is 6.92 Å². The number of aliphatic hydroxyl groups excluding tert-OH is 1. The zero-order chi connectivity index (χ0) is 7.49. The highest BCUT2D eigenvalue weighted by molar-refractivity contribution is 5.82. The number of hydrogen-bond donors (Lipinski definition) is 1. The van der Waals surface area contributed by atoms with Gasteiger partial charge in [-0.1, -0.05) is 13.8 Å². The Morgan fingerprint density at radius 1 is 1.78 bits per heavy atom. The van der Waals surface area contributed by atoms with E-state index in [0.29, 0.717) is 6.42 Å². The first-order chi connectivity index (χ1) is 4.06. The minimum Gasteiger partial charge on any atom is -0.395 e. The highest BCUT2D eigenvalue weighted by Crippen LogP contribution is 2.20. The van der Waals surface area contributed by atoms with Gasteiger partial charge in [0.1, 0.15) is 5.78 Å². The average Bonchev–Trinajstić information content (AvgIpc) is 1.86. The molecule has 0 heterocycles. The van der Waals surface area contributed by atoms with Crippen molar-refractivity contribution in [2.75, 3.05) is 6.61 Å². The van der Waals surface area contributed by atoms with Crippen LogP contribution in [0.4, 0.5) is 0 Å². The molecule has 53 valence electrons. The lowest BCUT2D eigenvalue weighted by Gasteiger charge is -2.20. The third-order valence-corrected chi connectivity index (χ3v) is 1.75. The SMILES string of the molecule is [CH2]CC(C)(CO)C(C)=O. The number of Topliss-reactive ketones (excluding diaryl/α,β-unsaturated/α-hetero) is 1. The highest BCUT2D eigenvalue weighted by Gasteiger charge is 2.25. The number of hydrogen-bond acceptors (Lipinski definition) is 2. The third kappa shape index (κ3) is 1.79. The fraction of sp³-hybridized carbons (Fsp3) is 0.714. The number of carbonyl (C=O) groups excluding carboxylic acids is 1. The van der Waals surface area contributed by atoms with E-state index in [1.54, 1.807) is 6.92 Å². The molecule has 0 saturated heterocycles. The molecule has 0 rings (SSSR count). The molecule has 0 aliphatic carbocycles. The number of aliphatic hydroxyl groups is 1. The van der Waals surface area contributed by atoms with Crippen LogP contribution in [0, 0.1) is 12.3 Å². The van der Waals surface area contributed by atoms with Crippen LogP contribution in [0.3, 0.4) is 0 Å². The van der Waals surface area contributed by atoms with Gasteiger partial charge in [-0.2, -0.15) is 0 Å². The summed E-state index contributed by atoms with van der Waals surface area (Å²) in [6, 6.07) is 0. The lowest BCUT2D eigenvalue weighted by molar-refractivity contribution is -0.127. The van der Waals surface area contributed by atoms with Gasteiger partial charge in [0.15, 0.2) is 0 Å². The lowest BCUT2D eigenvalue weighted by Crippen LogP contribution is -2.28. The van der Waals surface area contributed by atoms with Crippen LogP contribution in [0.25, 0.3) is 0 Å². The Hall–Kier alpha value is -0.370. The van der Waals surface area contributed by atoms with Gasteiger partial charge in [-0.25, -0.2) is 0 Å². The van der Waals surface area contributed by atoms with Crippen molar-refractivity contribution in [2.45, 2.75) is 20.3 Å². The molecule has 2 nitrogen and oxygen atoms in total. The van der Waals surface area contributed by atoms with Crippen molar-refractivity contribution in [3.8, 4) is 0 Å². The Bertz CT molecular complexity index is 103. The first-order valence-electron chi connectivity index (χ1n) is 2.98. The molecule has 0 amide bonds. The summed E-state index contributed by atoms with van der Waals surface area (Å²) >= 11 is 0. The molecule has 0 spiro atoms. The number of rotatable bonds is 3. The van der Waals surface area contributed by atoms with Gasteiger partial charge >= 0.3 is 0 Å². The van der Waals surface area contributed by atoms with E-state index in [4.69, 9.17) is 5.11 Å². The summed E-state index contributed by atoms with van der Waals surface area (Å²) in [4.78, 5) is 10.7. The van der Waals surface area contributed by atoms with E-state index in [9.17, 15) is 4.79 Å². The van der Waals surface area contributed by atoms with Crippen molar-refractivity contribution in [2.24, 2.45) is 5.41 Å². The summed E-state index contributed by atoms with van der Waals surface area (Å²) in [5.41, 5.74) is -0.611. The second-order valence-electron chi connectivity index (χ2n) is 2.52. The van der Waals surface area contributed by atoms with E-state index in [0.717, 1.165) is 0 Å². The molecule has 0 aliphatic heterocycles. The Labute approximate surface area is 55.9 Å². The maximum Gasteiger partial charge on any atom is 0.137 e. The van der Waals surface area contributed by atoms with E-state index in [2.05, 4.69) is 6.92 Å². The predicted molar refractivity (Wildman–Crippen MR) is 35.8 cm³/mol. The van der Waals surface area contributed by atoms with Gasteiger partial charge in [0.25, 0.3) is 0 Å². The van der Waals surface area contributed by atoms with Crippen LogP contribution in [-0.2, 0) is 4.79 Å². The molecule has 1 N–H and O–H groups in total. The van der Waals surface area contributed by atoms with Gasteiger partial charge in [0.05, 0.1) is 6.61 Å². The average molecular weight is 129 g/mol. The van der Waals surface area contributed by atoms with Gasteiger partial charge in [0, 0.05) is 5.41 Å². The second-order valence-corrected chi connectivity index (χ2v) is 2.52. The Morgan fingerprint density at radius 2 is 2.22 bits per heavy atom. The topological polar surface area (TPSA) is 37.3 Å². The maximum atomic E-state index is 10.7. The minimum absolute atomic E-state index is 0.000000000000000222. The van der Waals surface area contributed by atoms with Crippen molar-refractivity contribution in [3.63, 3.8) is 0 Å². The fourth-order valence-corrected chi connectivity index (χ4v) is 0.366. The summed E-state index contributed by atoms with van der Waals surface area (Å²) in [6.07, 6.45) is 0.457. The van der Waals surface area contributed by atoms with Crippen molar-refractivity contribution >= 4 is 5.78 Å². The van der Waals surface area contributed by atoms with Gasteiger partial charge in [-0.15, -0.1) is 0 Å². The molecule has 2 heteroatoms. The molecule has 0 aromatic rings. The molecular formula is C7H13O2. The summed E-state index contributed by atoms with van der Waals surface area (Å²) in [6.45, 7) is 6.65. The molecule has 0 aromatic carbocycles. The minimum atomic E-state index is -0.611. The molecule has 1 unspecified atom stereocenters. The number of ketones is 1. The van der Waals surface area contributed by atoms with E-state index in [-0.39, 0.29) is 12.4 Å². The van der Waals surface area contributed by atoms with Gasteiger partial charge in [-0.3, -0.25) is 4.79 Å². The smallest absolute Gasteiger partial charge is 0.137 e. The van der Waals surface area contributed by atoms with Gasteiger partial charge < -0.3 is 5.11 Å². The third-order valence-electron chi connectivity index (χ3n) is 1.75. The molecule has 0 saturated carbocycles. The van der Waals surface area contributed by atoms with E-state index in [1.807, 2.05) is 0 Å². The molecule has 0 bridgehead atoms. The molecule has 0 fully saturated rings. The Kier molecular flexibility index (Phi) is 2.85. The van der Waals surface area contributed by atoms with Gasteiger partial charge in [-0.05, 0) is 13.3 Å². The van der Waals surface area contributed by atoms with Crippen LogP contribution >= 0.6 is 0 Å². The van der Waals surface area contributed by atoms with E-state index < -0.39 is 5.41 Å². The monoisotopic (exact) mass is 129 g/mol. The maximum absolute atomic E-state index is 10.7. The molecule has 9 heavy (non-hydrogen) atoms. The molecular weight excluding hydrogens is 116 g/mol. The normalized spacial score (nSPS) is 16.9. The molecule has 1 radical (unpaired) electrons. The van der Waals surface area contributed by atoms with Crippen LogP contribution in [0.2, 0.25) is 0 Å². The van der Waals surface area contributed by atoms with Crippen molar-refractivity contribution < 1.29 is 9.90 Å². The zero-order valence-electron chi connectivity index (χ0n) is 5.98. The summed E-state index contributed by atoms with van der Waals surface area (Å²) in [5.74, 6) is 0.000000000000000222. The molecule has 0 aromatic heterocycles. The van der Waals surface area contributed by atoms with Gasteiger partial charge in [0.2, 0.25) is 0 Å². The van der Waals surface area contributed by atoms with Crippen LogP contribution in [-0.4, -0.2) is 17.5 Å². The van der Waals surface area contributed by atoms with Crippen LogP contribution in [0.15, 0.2) is 0 Å². The molecule has 0 aliphatic rings. The zero-order valence-corrected chi connectivity index (χ0v) is 5.98. The standard InChI is InChI=1S/C7H13O2/c1-4-7(3,5-8)6(2)9/h8H,1,4-5H2,2-3H3. The quantitative estimate of drug-likeness (QED) is 0.612. The number of carbonyl (C=O) groups is 1. The predicted octanol–water partition coefficient (Wildman–Crippen LogP) is 0.798. The Balaban J connectivity index is 4.09. The van der Waals surface area contributed by atoms with Crippen LogP contribution in [0.5, 0.6) is 0 Å². The van der Waals surface area contributed by atoms with Crippen LogP contribution < -0.4 is 0 Å². The Morgan fingerprint density at radius 3 is 2.22 bits per heavy atom. The summed E-state index contributed by atoms with van der Waals surface area (Å²) < 4.78 is 0. The molecule has 1 atom stereocenters. The van der Waals surface area contributed by atoms with Crippen molar-refractivity contribution in [3.05, 3.63) is 6.92 Å². The summed E-state index contributed by atoms with van der Waals surface area (Å²) in [5, 5.41) is 8.69. The lowest BCUT2D eigenvalue weighted by atomic mass is 9.85. The van der Waals surface area contributed by atoms with Crippen LogP contribution in [0.1, 0.15) is 20.3 Å². The van der Waals surface area contributed by atoms with Crippen molar-refractivity contribution in [1.82, 2.24) is 0 Å². The largest absolute Gasteiger partial charge is 0.395 e. The first kappa shape index (κ1) is 8.63. The fourth-order valence-electron chi connectivity index (χ4n) is 0.366. The van der Waals surface area contributed by atoms with E-state index >= 15 is 0 Å². The van der Waals surface area contributed by atoms with Crippen molar-refractivity contribution in [1.29, 1.82) is 0 Å². The summed E-state index contributed by atoms with van der Waals surface area (Å²) in [7, 11) is 0.